The minimum absolute atomic E-state index is 0.117. The predicted octanol–water partition coefficient (Wildman–Crippen LogP) is 0.939. The van der Waals surface area contributed by atoms with Crippen molar-refractivity contribution in [2.45, 2.75) is 51.7 Å². The van der Waals surface area contributed by atoms with Gasteiger partial charge in [0, 0.05) is 24.7 Å². The van der Waals surface area contributed by atoms with Crippen molar-refractivity contribution in [3.8, 4) is 0 Å². The zero-order valence-corrected chi connectivity index (χ0v) is 12.1. The van der Waals surface area contributed by atoms with Crippen molar-refractivity contribution in [3.63, 3.8) is 0 Å². The molecule has 1 fully saturated rings. The fourth-order valence-electron chi connectivity index (χ4n) is 2.38. The highest BCUT2D eigenvalue weighted by atomic mass is 16.5. The van der Waals surface area contributed by atoms with Crippen molar-refractivity contribution in [3.05, 3.63) is 0 Å². The van der Waals surface area contributed by atoms with E-state index >= 15 is 0 Å². The molecule has 5 heteroatoms. The standard InChI is InChI=1S/C13H26N2O3/c1-10(2)14-13(5,11(16)17)8-15-6-7-18-9-12(15,3)4/h10,14H,6-9H2,1-5H3,(H,16,17). The quantitative estimate of drug-likeness (QED) is 0.768. The number of aliphatic carboxylic acids is 1. The molecule has 18 heavy (non-hydrogen) atoms. The summed E-state index contributed by atoms with van der Waals surface area (Å²) in [5.41, 5.74) is -1.05. The van der Waals surface area contributed by atoms with Crippen LogP contribution in [0.2, 0.25) is 0 Å². The maximum Gasteiger partial charge on any atom is 0.324 e. The second kappa shape index (κ2) is 5.55. The number of hydrogen-bond donors (Lipinski definition) is 2. The molecular weight excluding hydrogens is 232 g/mol. The predicted molar refractivity (Wildman–Crippen MR) is 70.8 cm³/mol. The van der Waals surface area contributed by atoms with Gasteiger partial charge in [-0.2, -0.15) is 0 Å². The molecular formula is C13H26N2O3. The van der Waals surface area contributed by atoms with Gasteiger partial charge < -0.3 is 9.84 Å². The SMILES string of the molecule is CC(C)NC(C)(CN1CCOCC1(C)C)C(=O)O. The largest absolute Gasteiger partial charge is 0.480 e. The number of ether oxygens (including phenoxy) is 1. The lowest BCUT2D eigenvalue weighted by atomic mass is 9.95. The first kappa shape index (κ1) is 15.4. The first-order valence-corrected chi connectivity index (χ1v) is 6.51. The monoisotopic (exact) mass is 258 g/mol. The molecule has 1 atom stereocenters. The summed E-state index contributed by atoms with van der Waals surface area (Å²) in [5.74, 6) is -0.807. The number of carboxylic acids is 1. The molecule has 5 nitrogen and oxygen atoms in total. The van der Waals surface area contributed by atoms with Gasteiger partial charge in [0.25, 0.3) is 0 Å². The summed E-state index contributed by atoms with van der Waals surface area (Å²) in [6.07, 6.45) is 0. The van der Waals surface area contributed by atoms with Crippen molar-refractivity contribution < 1.29 is 14.6 Å². The van der Waals surface area contributed by atoms with Gasteiger partial charge in [-0.25, -0.2) is 0 Å². The Balaban J connectivity index is 2.79. The maximum atomic E-state index is 11.5. The van der Waals surface area contributed by atoms with Gasteiger partial charge in [-0.15, -0.1) is 0 Å². The molecule has 0 aliphatic carbocycles. The van der Waals surface area contributed by atoms with Crippen LogP contribution in [0.4, 0.5) is 0 Å². The van der Waals surface area contributed by atoms with Crippen molar-refractivity contribution >= 4 is 5.97 Å². The fourth-order valence-corrected chi connectivity index (χ4v) is 2.38. The topological polar surface area (TPSA) is 61.8 Å². The smallest absolute Gasteiger partial charge is 0.324 e. The molecule has 1 aliphatic heterocycles. The van der Waals surface area contributed by atoms with E-state index in [1.54, 1.807) is 6.92 Å². The number of morpholine rings is 1. The first-order valence-electron chi connectivity index (χ1n) is 6.51. The number of rotatable bonds is 5. The zero-order valence-electron chi connectivity index (χ0n) is 12.1. The van der Waals surface area contributed by atoms with Crippen LogP contribution in [-0.4, -0.2) is 59.4 Å². The van der Waals surface area contributed by atoms with Crippen LogP contribution in [0, 0.1) is 0 Å². The molecule has 1 saturated heterocycles. The zero-order chi connectivity index (χ0) is 14.0. The summed E-state index contributed by atoms with van der Waals surface area (Å²) in [6.45, 7) is 12.4. The Hall–Kier alpha value is -0.650. The van der Waals surface area contributed by atoms with Gasteiger partial charge in [-0.3, -0.25) is 15.0 Å². The number of carboxylic acid groups (broad SMARTS) is 1. The molecule has 1 unspecified atom stereocenters. The number of carbonyl (C=O) groups is 1. The summed E-state index contributed by atoms with van der Waals surface area (Å²) >= 11 is 0. The molecule has 1 aliphatic rings. The lowest BCUT2D eigenvalue weighted by Gasteiger charge is -2.45. The van der Waals surface area contributed by atoms with Crippen molar-refractivity contribution in [1.29, 1.82) is 0 Å². The number of nitrogens with one attached hydrogen (secondary N) is 1. The van der Waals surface area contributed by atoms with Crippen LogP contribution >= 0.6 is 0 Å². The molecule has 0 saturated carbocycles. The molecule has 0 bridgehead atoms. The van der Waals surface area contributed by atoms with E-state index in [2.05, 4.69) is 24.1 Å². The Labute approximate surface area is 109 Å². The molecule has 0 aromatic rings. The third-order valence-corrected chi connectivity index (χ3v) is 3.40. The lowest BCUT2D eigenvalue weighted by Crippen LogP contribution is -2.64. The maximum absolute atomic E-state index is 11.5. The summed E-state index contributed by atoms with van der Waals surface area (Å²) in [5, 5.41) is 12.6. The minimum atomic E-state index is -0.928. The molecule has 0 aromatic carbocycles. The Kier molecular flexibility index (Phi) is 4.75. The van der Waals surface area contributed by atoms with Crippen LogP contribution in [-0.2, 0) is 9.53 Å². The molecule has 106 valence electrons. The summed E-state index contributed by atoms with van der Waals surface area (Å²) in [7, 11) is 0. The van der Waals surface area contributed by atoms with Crippen molar-refractivity contribution in [2.24, 2.45) is 0 Å². The van der Waals surface area contributed by atoms with Crippen LogP contribution in [0.5, 0.6) is 0 Å². The van der Waals surface area contributed by atoms with Crippen molar-refractivity contribution in [2.75, 3.05) is 26.3 Å². The third-order valence-electron chi connectivity index (χ3n) is 3.40. The van der Waals surface area contributed by atoms with E-state index in [4.69, 9.17) is 4.74 Å². The first-order chi connectivity index (χ1) is 8.17. The summed E-state index contributed by atoms with van der Waals surface area (Å²) in [6, 6.07) is 0.134. The summed E-state index contributed by atoms with van der Waals surface area (Å²) in [4.78, 5) is 13.7. The molecule has 0 amide bonds. The molecule has 1 rings (SSSR count). The van der Waals surface area contributed by atoms with E-state index < -0.39 is 11.5 Å². The Bertz CT molecular complexity index is 305. The van der Waals surface area contributed by atoms with Crippen LogP contribution in [0.1, 0.15) is 34.6 Å². The summed E-state index contributed by atoms with van der Waals surface area (Å²) < 4.78 is 5.46. The third kappa shape index (κ3) is 3.67. The Morgan fingerprint density at radius 3 is 2.61 bits per heavy atom. The molecule has 1 heterocycles. The molecule has 0 spiro atoms. The van der Waals surface area contributed by atoms with Crippen LogP contribution < -0.4 is 5.32 Å². The van der Waals surface area contributed by atoms with Gasteiger partial charge in [-0.1, -0.05) is 0 Å². The highest BCUT2D eigenvalue weighted by molar-refractivity contribution is 5.78. The number of nitrogens with zero attached hydrogens (tertiary/aromatic N) is 1. The van der Waals surface area contributed by atoms with Crippen LogP contribution in [0.25, 0.3) is 0 Å². The van der Waals surface area contributed by atoms with Gasteiger partial charge in [0.15, 0.2) is 0 Å². The average molecular weight is 258 g/mol. The minimum Gasteiger partial charge on any atom is -0.480 e. The van der Waals surface area contributed by atoms with Crippen molar-refractivity contribution in [1.82, 2.24) is 10.2 Å². The highest BCUT2D eigenvalue weighted by Crippen LogP contribution is 2.22. The fraction of sp³-hybridized carbons (Fsp3) is 0.923. The Morgan fingerprint density at radius 2 is 2.17 bits per heavy atom. The van der Waals surface area contributed by atoms with Gasteiger partial charge in [0.1, 0.15) is 5.54 Å². The molecule has 0 aromatic heterocycles. The van der Waals surface area contributed by atoms with Gasteiger partial charge >= 0.3 is 5.97 Å². The van der Waals surface area contributed by atoms with Gasteiger partial charge in [0.05, 0.1) is 13.2 Å². The van der Waals surface area contributed by atoms with Crippen LogP contribution in [0.3, 0.4) is 0 Å². The molecule has 0 radical (unpaired) electrons. The van der Waals surface area contributed by atoms with Crippen LogP contribution in [0.15, 0.2) is 0 Å². The van der Waals surface area contributed by atoms with Gasteiger partial charge in [-0.05, 0) is 34.6 Å². The van der Waals surface area contributed by atoms with E-state index in [0.29, 0.717) is 19.8 Å². The normalized spacial score (nSPS) is 23.9. The van der Waals surface area contributed by atoms with E-state index in [0.717, 1.165) is 6.54 Å². The highest BCUT2D eigenvalue weighted by Gasteiger charge is 2.40. The second-order valence-corrected chi connectivity index (χ2v) is 6.22. The lowest BCUT2D eigenvalue weighted by molar-refractivity contribution is -0.147. The van der Waals surface area contributed by atoms with E-state index in [1.165, 1.54) is 0 Å². The van der Waals surface area contributed by atoms with E-state index in [1.807, 2.05) is 13.8 Å². The Morgan fingerprint density at radius 1 is 1.56 bits per heavy atom. The second-order valence-electron chi connectivity index (χ2n) is 6.22. The van der Waals surface area contributed by atoms with E-state index in [-0.39, 0.29) is 11.6 Å². The van der Waals surface area contributed by atoms with Gasteiger partial charge in [0.2, 0.25) is 0 Å². The molecule has 2 N–H and O–H groups in total. The average Bonchev–Trinajstić information content (AvgIpc) is 2.19. The number of hydrogen-bond acceptors (Lipinski definition) is 4. The van der Waals surface area contributed by atoms with E-state index in [9.17, 15) is 9.90 Å².